The molecule has 0 unspecified atom stereocenters. The van der Waals surface area contributed by atoms with Crippen molar-refractivity contribution in [1.29, 1.82) is 0 Å². The first-order valence-corrected chi connectivity index (χ1v) is 14.6. The number of aromatic amines is 1. The van der Waals surface area contributed by atoms with Crippen molar-refractivity contribution in [2.75, 3.05) is 11.4 Å². The number of ether oxygens (including phenoxy) is 1. The molecule has 3 aromatic rings. The molecule has 214 valence electrons. The molecule has 4 N–H and O–H groups in total. The smallest absolute Gasteiger partial charge is 0.407 e. The summed E-state index contributed by atoms with van der Waals surface area (Å²) in [6.45, 7) is 5.94. The second-order valence-electron chi connectivity index (χ2n) is 11.3. The van der Waals surface area contributed by atoms with Crippen molar-refractivity contribution < 1.29 is 19.1 Å². The first kappa shape index (κ1) is 30.0. The Morgan fingerprint density at radius 2 is 1.82 bits per heavy atom. The number of nitrogens with zero attached hydrogens (tertiary/aromatic N) is 2. The van der Waals surface area contributed by atoms with Gasteiger partial charge < -0.3 is 15.8 Å². The molecule has 3 amide bonds. The van der Waals surface area contributed by atoms with Crippen molar-refractivity contribution in [2.45, 2.75) is 64.5 Å². The van der Waals surface area contributed by atoms with Gasteiger partial charge in [-0.1, -0.05) is 39.7 Å². The number of hydrogen-bond donors (Lipinski definition) is 3. The van der Waals surface area contributed by atoms with E-state index in [0.717, 1.165) is 22.9 Å². The van der Waals surface area contributed by atoms with E-state index < -0.39 is 23.6 Å². The lowest BCUT2D eigenvalue weighted by atomic mass is 9.81. The van der Waals surface area contributed by atoms with Gasteiger partial charge in [-0.25, -0.2) is 9.69 Å². The van der Waals surface area contributed by atoms with E-state index in [-0.39, 0.29) is 24.2 Å². The van der Waals surface area contributed by atoms with Crippen LogP contribution in [0.25, 0.3) is 10.9 Å². The minimum atomic E-state index is -0.919. The van der Waals surface area contributed by atoms with Crippen LogP contribution in [0.4, 0.5) is 10.5 Å². The fraction of sp³-hybridized carbons (Fsp3) is 0.448. The van der Waals surface area contributed by atoms with Gasteiger partial charge >= 0.3 is 6.09 Å². The highest BCUT2D eigenvalue weighted by Crippen LogP contribution is 2.33. The van der Waals surface area contributed by atoms with E-state index in [1.54, 1.807) is 18.2 Å². The molecule has 1 aromatic heterocycles. The molecule has 0 spiro atoms. The third-order valence-electron chi connectivity index (χ3n) is 7.01. The molecule has 9 nitrogen and oxygen atoms in total. The molecule has 1 aliphatic carbocycles. The molecule has 1 heterocycles. The number of anilines is 1. The maximum Gasteiger partial charge on any atom is 0.407 e. The summed E-state index contributed by atoms with van der Waals surface area (Å²) in [5, 5.41) is 10.8. The molecular formula is C29H35BrClN5O4. The third kappa shape index (κ3) is 7.62. The predicted octanol–water partition coefficient (Wildman–Crippen LogP) is 5.74. The molecule has 0 radical (unpaired) electrons. The number of rotatable bonds is 7. The summed E-state index contributed by atoms with van der Waals surface area (Å²) in [5.74, 6) is -0.874. The Kier molecular flexibility index (Phi) is 9.53. The van der Waals surface area contributed by atoms with Gasteiger partial charge in [0.05, 0.1) is 17.2 Å². The van der Waals surface area contributed by atoms with Crippen molar-refractivity contribution >= 4 is 62.0 Å². The Labute approximate surface area is 247 Å². The maximum atomic E-state index is 13.9. The van der Waals surface area contributed by atoms with Gasteiger partial charge in [-0.15, -0.1) is 0 Å². The number of carbonyl (C=O) groups is 3. The second-order valence-corrected chi connectivity index (χ2v) is 12.6. The number of aromatic nitrogens is 2. The summed E-state index contributed by atoms with van der Waals surface area (Å²) in [7, 11) is 0. The lowest BCUT2D eigenvalue weighted by molar-refractivity contribution is -0.130. The third-order valence-corrected chi connectivity index (χ3v) is 7.82. The van der Waals surface area contributed by atoms with Crippen LogP contribution in [0.5, 0.6) is 0 Å². The zero-order chi connectivity index (χ0) is 29.0. The SMILES string of the molecule is CC(C)(C)OC(=O)NCC1CCC(C(=O)N(C(=O)[C@@H](N)Cc2ccc(Br)cc2)c2ccc3c(Cl)[nH]nc3c2)CC1. The van der Waals surface area contributed by atoms with E-state index in [0.29, 0.717) is 41.1 Å². The Balaban J connectivity index is 1.48. The first-order chi connectivity index (χ1) is 18.9. The summed E-state index contributed by atoms with van der Waals surface area (Å²) >= 11 is 9.59. The number of alkyl carbamates (subject to hydrolysis) is 1. The molecule has 1 fully saturated rings. The summed E-state index contributed by atoms with van der Waals surface area (Å²) < 4.78 is 6.25. The van der Waals surface area contributed by atoms with Crippen molar-refractivity contribution in [1.82, 2.24) is 15.5 Å². The minimum absolute atomic E-state index is 0.225. The largest absolute Gasteiger partial charge is 0.444 e. The maximum absolute atomic E-state index is 13.9. The van der Waals surface area contributed by atoms with Crippen LogP contribution < -0.4 is 16.0 Å². The normalized spacial score (nSPS) is 18.2. The minimum Gasteiger partial charge on any atom is -0.444 e. The number of nitrogens with two attached hydrogens (primary N) is 1. The Hall–Kier alpha value is -2.95. The molecule has 0 saturated heterocycles. The summed E-state index contributed by atoms with van der Waals surface area (Å²) in [4.78, 5) is 40.9. The van der Waals surface area contributed by atoms with E-state index in [1.807, 2.05) is 45.0 Å². The van der Waals surface area contributed by atoms with E-state index >= 15 is 0 Å². The Morgan fingerprint density at radius 1 is 1.15 bits per heavy atom. The molecule has 4 rings (SSSR count). The van der Waals surface area contributed by atoms with Crippen molar-refractivity contribution in [3.8, 4) is 0 Å². The van der Waals surface area contributed by atoms with Gasteiger partial charge in [0.15, 0.2) is 0 Å². The summed E-state index contributed by atoms with van der Waals surface area (Å²) in [6.07, 6.45) is 2.52. The van der Waals surface area contributed by atoms with Gasteiger partial charge in [-0.3, -0.25) is 14.7 Å². The average Bonchev–Trinajstić information content (AvgIpc) is 3.28. The molecule has 1 atom stereocenters. The lowest BCUT2D eigenvalue weighted by Gasteiger charge is -2.32. The predicted molar refractivity (Wildman–Crippen MR) is 159 cm³/mol. The first-order valence-electron chi connectivity index (χ1n) is 13.4. The monoisotopic (exact) mass is 631 g/mol. The topological polar surface area (TPSA) is 130 Å². The van der Waals surface area contributed by atoms with Gasteiger partial charge in [0.2, 0.25) is 5.91 Å². The number of carbonyl (C=O) groups excluding carboxylic acids is 3. The molecule has 40 heavy (non-hydrogen) atoms. The zero-order valence-corrected chi connectivity index (χ0v) is 25.2. The van der Waals surface area contributed by atoms with Crippen molar-refractivity contribution in [3.63, 3.8) is 0 Å². The molecule has 1 saturated carbocycles. The molecule has 2 aromatic carbocycles. The Bertz CT molecular complexity index is 1360. The quantitative estimate of drug-likeness (QED) is 0.305. The lowest BCUT2D eigenvalue weighted by Crippen LogP contribution is -2.50. The molecule has 0 aliphatic heterocycles. The van der Waals surface area contributed by atoms with Crippen LogP contribution in [0.1, 0.15) is 52.0 Å². The van der Waals surface area contributed by atoms with Gasteiger partial charge in [-0.2, -0.15) is 5.10 Å². The van der Waals surface area contributed by atoms with Crippen LogP contribution in [0.3, 0.4) is 0 Å². The fourth-order valence-corrected chi connectivity index (χ4v) is 5.40. The molecule has 11 heteroatoms. The highest BCUT2D eigenvalue weighted by Gasteiger charge is 2.35. The number of halogens is 2. The van der Waals surface area contributed by atoms with Gasteiger partial charge in [0, 0.05) is 22.3 Å². The number of H-pyrrole nitrogens is 1. The molecule has 1 aliphatic rings. The Morgan fingerprint density at radius 3 is 2.48 bits per heavy atom. The van der Waals surface area contributed by atoms with Crippen LogP contribution in [0.2, 0.25) is 5.15 Å². The number of amides is 3. The van der Waals surface area contributed by atoms with E-state index in [9.17, 15) is 14.4 Å². The van der Waals surface area contributed by atoms with Crippen LogP contribution >= 0.6 is 27.5 Å². The second kappa shape index (κ2) is 12.7. The fourth-order valence-electron chi connectivity index (χ4n) is 4.94. The highest BCUT2D eigenvalue weighted by molar-refractivity contribution is 9.10. The van der Waals surface area contributed by atoms with E-state index in [2.05, 4.69) is 31.4 Å². The van der Waals surface area contributed by atoms with Crippen molar-refractivity contribution in [2.24, 2.45) is 17.6 Å². The van der Waals surface area contributed by atoms with Crippen LogP contribution in [0.15, 0.2) is 46.9 Å². The van der Waals surface area contributed by atoms with Gasteiger partial charge in [0.25, 0.3) is 5.91 Å². The van der Waals surface area contributed by atoms with E-state index in [4.69, 9.17) is 22.1 Å². The number of imide groups is 1. The number of nitrogens with one attached hydrogen (secondary N) is 2. The summed E-state index contributed by atoms with van der Waals surface area (Å²) in [5.41, 5.74) is 7.68. The number of fused-ring (bicyclic) bond motifs is 1. The number of hydrogen-bond acceptors (Lipinski definition) is 6. The number of benzene rings is 2. The summed E-state index contributed by atoms with van der Waals surface area (Å²) in [6, 6.07) is 11.8. The zero-order valence-electron chi connectivity index (χ0n) is 22.9. The standard InChI is InChI=1S/C29H35BrClN5O4/c1-29(2,3)40-28(39)33-16-18-4-8-19(9-5-18)26(37)36(21-12-13-22-24(15-21)34-35-25(22)31)27(38)23(32)14-17-6-10-20(30)11-7-17/h6-7,10-13,15,18-19,23H,4-5,8-9,14,16,32H2,1-3H3,(H,33,39)(H,34,35)/t18?,19?,23-/m0/s1. The molecular weight excluding hydrogens is 598 g/mol. The highest BCUT2D eigenvalue weighted by atomic mass is 79.9. The molecule has 0 bridgehead atoms. The van der Waals surface area contributed by atoms with Crippen LogP contribution in [-0.4, -0.2) is 46.3 Å². The van der Waals surface area contributed by atoms with Crippen LogP contribution in [-0.2, 0) is 20.7 Å². The van der Waals surface area contributed by atoms with Gasteiger partial charge in [0.1, 0.15) is 10.8 Å². The van der Waals surface area contributed by atoms with Gasteiger partial charge in [-0.05, 0) is 94.7 Å². The van der Waals surface area contributed by atoms with E-state index in [1.165, 1.54) is 4.90 Å². The van der Waals surface area contributed by atoms with Crippen molar-refractivity contribution in [3.05, 3.63) is 57.7 Å². The van der Waals surface area contributed by atoms with Crippen LogP contribution in [0, 0.1) is 11.8 Å². The average molecular weight is 633 g/mol.